The molecule has 0 saturated heterocycles. The molecule has 2 aromatic carbocycles. The fourth-order valence-corrected chi connectivity index (χ4v) is 3.07. The first kappa shape index (κ1) is 14.7. The molecule has 0 saturated carbocycles. The molecule has 0 atom stereocenters. The summed E-state index contributed by atoms with van der Waals surface area (Å²) in [6, 6.07) is 7.19. The van der Waals surface area contributed by atoms with Crippen LogP contribution in [0.3, 0.4) is 0 Å². The molecule has 0 aromatic heterocycles. The highest BCUT2D eigenvalue weighted by atomic mass is 79.9. The summed E-state index contributed by atoms with van der Waals surface area (Å²) >= 11 is 3.06. The molecular weight excluding hydrogens is 354 g/mol. The maximum atomic E-state index is 13.6. The Hall–Kier alpha value is -1.67. The number of para-hydroxylation sites is 1. The van der Waals surface area contributed by atoms with Gasteiger partial charge in [-0.05, 0) is 30.3 Å². The smallest absolute Gasteiger partial charge is 0.264 e. The number of nitrogen functional groups attached to an aromatic ring is 1. The van der Waals surface area contributed by atoms with Gasteiger partial charge in [0.15, 0.2) is 0 Å². The summed E-state index contributed by atoms with van der Waals surface area (Å²) < 4.78 is 53.5. The summed E-state index contributed by atoms with van der Waals surface area (Å²) in [7, 11) is -4.17. The van der Waals surface area contributed by atoms with E-state index in [1.165, 1.54) is 18.2 Å². The van der Waals surface area contributed by atoms with Crippen molar-refractivity contribution in [3.8, 4) is 0 Å². The Morgan fingerprint density at radius 3 is 2.45 bits per heavy atom. The van der Waals surface area contributed by atoms with E-state index in [0.717, 1.165) is 18.2 Å². The molecule has 0 spiro atoms. The number of nitrogens with one attached hydrogen (secondary N) is 1. The molecule has 3 N–H and O–H groups in total. The topological polar surface area (TPSA) is 72.2 Å². The second-order valence-electron chi connectivity index (χ2n) is 3.88. The van der Waals surface area contributed by atoms with Crippen molar-refractivity contribution in [2.24, 2.45) is 0 Å². The minimum absolute atomic E-state index is 0.253. The van der Waals surface area contributed by atoms with Crippen molar-refractivity contribution < 1.29 is 17.2 Å². The van der Waals surface area contributed by atoms with Gasteiger partial charge in [0.1, 0.15) is 16.5 Å². The van der Waals surface area contributed by atoms with Crippen LogP contribution in [0.5, 0.6) is 0 Å². The second-order valence-corrected chi connectivity index (χ2v) is 6.45. The maximum absolute atomic E-state index is 13.6. The highest BCUT2D eigenvalue weighted by molar-refractivity contribution is 9.10. The van der Waals surface area contributed by atoms with Crippen molar-refractivity contribution in [3.05, 3.63) is 52.5 Å². The van der Waals surface area contributed by atoms with E-state index in [9.17, 15) is 17.2 Å². The molecule has 2 rings (SSSR count). The molecule has 20 heavy (non-hydrogen) atoms. The minimum Gasteiger partial charge on any atom is -0.395 e. The van der Waals surface area contributed by atoms with Crippen molar-refractivity contribution in [1.82, 2.24) is 0 Å². The van der Waals surface area contributed by atoms with E-state index in [1.807, 2.05) is 4.72 Å². The van der Waals surface area contributed by atoms with Crippen LogP contribution in [0.25, 0.3) is 0 Å². The molecular formula is C12H9BrF2N2O2S. The number of hydrogen-bond donors (Lipinski definition) is 2. The number of nitrogens with two attached hydrogens (primary N) is 1. The molecule has 2 aromatic rings. The van der Waals surface area contributed by atoms with Crippen LogP contribution in [0, 0.1) is 11.6 Å². The van der Waals surface area contributed by atoms with Gasteiger partial charge in [-0.3, -0.25) is 4.72 Å². The third-order valence-electron chi connectivity index (χ3n) is 2.48. The van der Waals surface area contributed by atoms with Crippen molar-refractivity contribution in [2.45, 2.75) is 4.90 Å². The first-order chi connectivity index (χ1) is 9.31. The number of benzene rings is 2. The molecule has 0 heterocycles. The summed E-state index contributed by atoms with van der Waals surface area (Å²) in [5.74, 6) is -1.62. The Kier molecular flexibility index (Phi) is 3.96. The van der Waals surface area contributed by atoms with Gasteiger partial charge in [-0.15, -0.1) is 0 Å². The van der Waals surface area contributed by atoms with Gasteiger partial charge in [0.25, 0.3) is 10.0 Å². The zero-order valence-corrected chi connectivity index (χ0v) is 12.3. The van der Waals surface area contributed by atoms with Crippen molar-refractivity contribution >= 4 is 37.3 Å². The third-order valence-corrected chi connectivity index (χ3v) is 4.39. The minimum atomic E-state index is -4.17. The third kappa shape index (κ3) is 2.91. The summed E-state index contributed by atoms with van der Waals surface area (Å²) in [5, 5.41) is 0. The van der Waals surface area contributed by atoms with Crippen LogP contribution in [0.15, 0.2) is 45.8 Å². The van der Waals surface area contributed by atoms with Crippen molar-refractivity contribution in [3.63, 3.8) is 0 Å². The Morgan fingerprint density at radius 2 is 1.80 bits per heavy atom. The van der Waals surface area contributed by atoms with Crippen LogP contribution in [0.1, 0.15) is 0 Å². The quantitative estimate of drug-likeness (QED) is 0.824. The van der Waals surface area contributed by atoms with Crippen LogP contribution in [0.4, 0.5) is 20.2 Å². The zero-order valence-electron chi connectivity index (χ0n) is 9.90. The van der Waals surface area contributed by atoms with Crippen molar-refractivity contribution in [1.29, 1.82) is 0 Å². The number of hydrogen-bond acceptors (Lipinski definition) is 3. The molecule has 8 heteroatoms. The number of anilines is 2. The van der Waals surface area contributed by atoms with Crippen LogP contribution < -0.4 is 10.5 Å². The van der Waals surface area contributed by atoms with E-state index in [-0.39, 0.29) is 5.69 Å². The molecule has 0 amide bonds. The van der Waals surface area contributed by atoms with Crippen molar-refractivity contribution in [2.75, 3.05) is 10.5 Å². The lowest BCUT2D eigenvalue weighted by Gasteiger charge is -2.11. The van der Waals surface area contributed by atoms with E-state index in [0.29, 0.717) is 4.47 Å². The summed E-state index contributed by atoms with van der Waals surface area (Å²) in [5.41, 5.74) is 4.62. The number of halogens is 3. The Balaban J connectivity index is 2.44. The average molecular weight is 363 g/mol. The molecule has 106 valence electrons. The molecule has 0 unspecified atom stereocenters. The fourth-order valence-electron chi connectivity index (χ4n) is 1.52. The zero-order chi connectivity index (χ0) is 14.9. The number of rotatable bonds is 3. The lowest BCUT2D eigenvalue weighted by Crippen LogP contribution is -2.16. The molecule has 0 aliphatic rings. The molecule has 0 radical (unpaired) electrons. The van der Waals surface area contributed by atoms with E-state index >= 15 is 0 Å². The predicted octanol–water partition coefficient (Wildman–Crippen LogP) is 3.11. The van der Waals surface area contributed by atoms with Gasteiger partial charge in [-0.2, -0.15) is 0 Å². The molecule has 0 fully saturated rings. The van der Waals surface area contributed by atoms with Gasteiger partial charge in [0.2, 0.25) is 0 Å². The van der Waals surface area contributed by atoms with Gasteiger partial charge < -0.3 is 5.73 Å². The normalized spacial score (nSPS) is 11.3. The maximum Gasteiger partial charge on any atom is 0.264 e. The monoisotopic (exact) mass is 362 g/mol. The van der Waals surface area contributed by atoms with E-state index in [2.05, 4.69) is 15.9 Å². The summed E-state index contributed by atoms with van der Waals surface area (Å²) in [6.07, 6.45) is 0. The predicted molar refractivity (Wildman–Crippen MR) is 75.7 cm³/mol. The van der Waals surface area contributed by atoms with Crippen LogP contribution in [-0.4, -0.2) is 8.42 Å². The second kappa shape index (κ2) is 5.37. The Morgan fingerprint density at radius 1 is 1.10 bits per heavy atom. The lowest BCUT2D eigenvalue weighted by atomic mass is 10.3. The van der Waals surface area contributed by atoms with Gasteiger partial charge in [-0.1, -0.05) is 22.0 Å². The fraction of sp³-hybridized carbons (Fsp3) is 0. The van der Waals surface area contributed by atoms with Gasteiger partial charge in [0.05, 0.1) is 11.4 Å². The molecule has 0 aliphatic heterocycles. The van der Waals surface area contributed by atoms with Gasteiger partial charge in [-0.25, -0.2) is 17.2 Å². The highest BCUT2D eigenvalue weighted by Crippen LogP contribution is 2.26. The van der Waals surface area contributed by atoms with E-state index in [4.69, 9.17) is 5.73 Å². The van der Waals surface area contributed by atoms with Crippen LogP contribution >= 0.6 is 15.9 Å². The lowest BCUT2D eigenvalue weighted by molar-refractivity contribution is 0.595. The van der Waals surface area contributed by atoms with E-state index < -0.39 is 32.2 Å². The van der Waals surface area contributed by atoms with Gasteiger partial charge in [0, 0.05) is 4.47 Å². The average Bonchev–Trinajstić information content (AvgIpc) is 2.36. The van der Waals surface area contributed by atoms with E-state index in [1.54, 1.807) is 0 Å². The van der Waals surface area contributed by atoms with Crippen LogP contribution in [0.2, 0.25) is 0 Å². The molecule has 0 aliphatic carbocycles. The highest BCUT2D eigenvalue weighted by Gasteiger charge is 2.20. The number of sulfonamides is 1. The first-order valence-electron chi connectivity index (χ1n) is 5.33. The SMILES string of the molecule is Nc1c(F)cccc1S(=O)(=O)Nc1ccc(Br)cc1F. The summed E-state index contributed by atoms with van der Waals surface area (Å²) in [4.78, 5) is -0.445. The Labute approximate surface area is 122 Å². The summed E-state index contributed by atoms with van der Waals surface area (Å²) in [6.45, 7) is 0. The van der Waals surface area contributed by atoms with Gasteiger partial charge >= 0.3 is 0 Å². The first-order valence-corrected chi connectivity index (χ1v) is 7.61. The van der Waals surface area contributed by atoms with Crippen LogP contribution in [-0.2, 0) is 10.0 Å². The molecule has 0 bridgehead atoms. The Bertz CT molecular complexity index is 766. The standard InChI is InChI=1S/C12H9BrF2N2O2S/c13-7-4-5-10(9(15)6-7)17-20(18,19)11-3-1-2-8(14)12(11)16/h1-6,17H,16H2. The largest absolute Gasteiger partial charge is 0.395 e. The molecule has 4 nitrogen and oxygen atoms in total.